The summed E-state index contributed by atoms with van der Waals surface area (Å²) in [6, 6.07) is 6.27. The quantitative estimate of drug-likeness (QED) is 0.615. The van der Waals surface area contributed by atoms with E-state index < -0.39 is 6.04 Å². The Morgan fingerprint density at radius 1 is 1.31 bits per heavy atom. The van der Waals surface area contributed by atoms with Crippen LogP contribution in [0.15, 0.2) is 24.3 Å². The molecule has 160 valence electrons. The van der Waals surface area contributed by atoms with Crippen molar-refractivity contribution in [1.82, 2.24) is 10.2 Å². The van der Waals surface area contributed by atoms with Gasteiger partial charge in [0.2, 0.25) is 5.91 Å². The van der Waals surface area contributed by atoms with Crippen LogP contribution in [0.4, 0.5) is 0 Å². The van der Waals surface area contributed by atoms with Gasteiger partial charge in [-0.2, -0.15) is 11.8 Å². The van der Waals surface area contributed by atoms with Crippen molar-refractivity contribution in [2.24, 2.45) is 5.92 Å². The van der Waals surface area contributed by atoms with E-state index in [9.17, 15) is 14.4 Å². The second kappa shape index (κ2) is 11.7. The van der Waals surface area contributed by atoms with Crippen molar-refractivity contribution in [2.75, 3.05) is 38.8 Å². The van der Waals surface area contributed by atoms with Crippen LogP contribution in [0.2, 0.25) is 0 Å². The highest BCUT2D eigenvalue weighted by Gasteiger charge is 2.33. The summed E-state index contributed by atoms with van der Waals surface area (Å²) in [5, 5.41) is 2.87. The van der Waals surface area contributed by atoms with E-state index >= 15 is 0 Å². The van der Waals surface area contributed by atoms with Gasteiger partial charge in [0, 0.05) is 13.1 Å². The monoisotopic (exact) mass is 422 g/mol. The van der Waals surface area contributed by atoms with Gasteiger partial charge in [-0.15, -0.1) is 0 Å². The van der Waals surface area contributed by atoms with Crippen LogP contribution in [0.25, 0.3) is 0 Å². The Labute approximate surface area is 176 Å². The highest BCUT2D eigenvalue weighted by Crippen LogP contribution is 2.21. The maximum absolute atomic E-state index is 13.2. The van der Waals surface area contributed by atoms with Crippen molar-refractivity contribution in [2.45, 2.75) is 32.2 Å². The Balaban J connectivity index is 2.11. The number of carbonyl (C=O) groups is 3. The first kappa shape index (κ1) is 23.1. The third-order valence-electron chi connectivity index (χ3n) is 4.92. The van der Waals surface area contributed by atoms with E-state index in [1.54, 1.807) is 47.9 Å². The summed E-state index contributed by atoms with van der Waals surface area (Å²) in [6.45, 7) is 3.01. The van der Waals surface area contributed by atoms with Gasteiger partial charge in [0.05, 0.1) is 25.2 Å². The van der Waals surface area contributed by atoms with Gasteiger partial charge in [-0.25, -0.2) is 0 Å². The molecular weight excluding hydrogens is 392 g/mol. The molecule has 0 aromatic heterocycles. The normalized spacial score (nSPS) is 17.3. The number of methoxy groups -OCH3 is 1. The number of nitrogens with one attached hydrogen (secondary N) is 1. The minimum atomic E-state index is -0.652. The Morgan fingerprint density at radius 3 is 2.76 bits per heavy atom. The molecular formula is C21H30N2O5S. The number of nitrogens with zero attached hydrogens (tertiary/aromatic N) is 1. The summed E-state index contributed by atoms with van der Waals surface area (Å²) in [7, 11) is 1.51. The van der Waals surface area contributed by atoms with Crippen LogP contribution in [-0.2, 0) is 14.3 Å². The van der Waals surface area contributed by atoms with Gasteiger partial charge in [0.1, 0.15) is 11.8 Å². The highest BCUT2D eigenvalue weighted by atomic mass is 32.2. The minimum Gasteiger partial charge on any atom is -0.496 e. The number of carbonyl (C=O) groups excluding carboxylic acids is 3. The maximum Gasteiger partial charge on any atom is 0.310 e. The summed E-state index contributed by atoms with van der Waals surface area (Å²) in [5.41, 5.74) is 0.389. The van der Waals surface area contributed by atoms with Gasteiger partial charge in [-0.05, 0) is 50.3 Å². The molecule has 0 unspecified atom stereocenters. The number of amides is 2. The third-order valence-corrected chi connectivity index (χ3v) is 5.56. The van der Waals surface area contributed by atoms with Crippen LogP contribution in [0.3, 0.4) is 0 Å². The van der Waals surface area contributed by atoms with E-state index in [0.29, 0.717) is 43.9 Å². The molecule has 0 saturated carbocycles. The fourth-order valence-corrected chi connectivity index (χ4v) is 3.88. The number of para-hydroxylation sites is 1. The first-order valence-electron chi connectivity index (χ1n) is 9.90. The van der Waals surface area contributed by atoms with Gasteiger partial charge < -0.3 is 19.7 Å². The van der Waals surface area contributed by atoms with Crippen molar-refractivity contribution in [3.05, 3.63) is 29.8 Å². The molecule has 0 bridgehead atoms. The summed E-state index contributed by atoms with van der Waals surface area (Å²) < 4.78 is 10.4. The van der Waals surface area contributed by atoms with E-state index in [0.717, 1.165) is 12.2 Å². The standard InChI is InChI=1S/C21H30N2O5S/c1-4-28-21(26)15-8-7-12-23(14-15)20(25)17(11-13-29-3)22-19(24)16-9-5-6-10-18(16)27-2/h5-6,9-10,15,17H,4,7-8,11-14H2,1-3H3,(H,22,24)/t15-,17-/m0/s1. The number of rotatable bonds is 9. The lowest BCUT2D eigenvalue weighted by Gasteiger charge is -2.34. The fraction of sp³-hybridized carbons (Fsp3) is 0.571. The van der Waals surface area contributed by atoms with E-state index in [1.165, 1.54) is 7.11 Å². The summed E-state index contributed by atoms with van der Waals surface area (Å²) in [6.07, 6.45) is 3.93. The Morgan fingerprint density at radius 2 is 2.07 bits per heavy atom. The molecule has 0 spiro atoms. The largest absolute Gasteiger partial charge is 0.496 e. The smallest absolute Gasteiger partial charge is 0.310 e. The predicted octanol–water partition coefficient (Wildman–Crippen LogP) is 2.35. The van der Waals surface area contributed by atoms with Crippen LogP contribution in [0.1, 0.15) is 36.5 Å². The van der Waals surface area contributed by atoms with Gasteiger partial charge in [0.15, 0.2) is 0 Å². The molecule has 1 fully saturated rings. The van der Waals surface area contributed by atoms with E-state index in [4.69, 9.17) is 9.47 Å². The first-order valence-corrected chi connectivity index (χ1v) is 11.3. The van der Waals surface area contributed by atoms with Crippen LogP contribution >= 0.6 is 11.8 Å². The number of benzene rings is 1. The molecule has 2 amide bonds. The van der Waals surface area contributed by atoms with Gasteiger partial charge in [-0.1, -0.05) is 12.1 Å². The van der Waals surface area contributed by atoms with Crippen LogP contribution in [-0.4, -0.2) is 67.5 Å². The average molecular weight is 423 g/mol. The van der Waals surface area contributed by atoms with Gasteiger partial charge in [0.25, 0.3) is 5.91 Å². The van der Waals surface area contributed by atoms with Crippen LogP contribution in [0, 0.1) is 5.92 Å². The van der Waals surface area contributed by atoms with E-state index in [-0.39, 0.29) is 23.7 Å². The molecule has 1 saturated heterocycles. The molecule has 8 heteroatoms. The van der Waals surface area contributed by atoms with Crippen molar-refractivity contribution < 1.29 is 23.9 Å². The van der Waals surface area contributed by atoms with Crippen LogP contribution < -0.4 is 10.1 Å². The molecule has 1 heterocycles. The van der Waals surface area contributed by atoms with Crippen molar-refractivity contribution in [3.63, 3.8) is 0 Å². The minimum absolute atomic E-state index is 0.156. The fourth-order valence-electron chi connectivity index (χ4n) is 3.41. The van der Waals surface area contributed by atoms with Crippen molar-refractivity contribution in [3.8, 4) is 5.75 Å². The zero-order valence-corrected chi connectivity index (χ0v) is 18.1. The third kappa shape index (κ3) is 6.39. The van der Waals surface area contributed by atoms with E-state index in [1.807, 2.05) is 6.26 Å². The molecule has 1 aromatic carbocycles. The summed E-state index contributed by atoms with van der Waals surface area (Å²) >= 11 is 1.62. The second-order valence-electron chi connectivity index (χ2n) is 6.88. The van der Waals surface area contributed by atoms with Gasteiger partial charge in [-0.3, -0.25) is 14.4 Å². The van der Waals surface area contributed by atoms with E-state index in [2.05, 4.69) is 5.32 Å². The Bertz CT molecular complexity index is 712. The Kier molecular flexibility index (Phi) is 9.31. The SMILES string of the molecule is CCOC(=O)[C@H]1CCCN(C(=O)[C@H](CCSC)NC(=O)c2ccccc2OC)C1. The maximum atomic E-state index is 13.2. The zero-order chi connectivity index (χ0) is 21.2. The number of ether oxygens (including phenoxy) is 2. The molecule has 0 aliphatic carbocycles. The lowest BCUT2D eigenvalue weighted by Crippen LogP contribution is -2.52. The Hall–Kier alpha value is -2.22. The molecule has 0 radical (unpaired) electrons. The predicted molar refractivity (Wildman–Crippen MR) is 113 cm³/mol. The lowest BCUT2D eigenvalue weighted by atomic mass is 9.97. The molecule has 2 atom stereocenters. The lowest BCUT2D eigenvalue weighted by molar-refractivity contribution is -0.151. The van der Waals surface area contributed by atoms with Gasteiger partial charge >= 0.3 is 5.97 Å². The summed E-state index contributed by atoms with van der Waals surface area (Å²) in [5.74, 6) is 0.124. The number of hydrogen-bond acceptors (Lipinski definition) is 6. The number of piperidine rings is 1. The number of thioether (sulfide) groups is 1. The first-order chi connectivity index (χ1) is 14.0. The summed E-state index contributed by atoms with van der Waals surface area (Å²) in [4.78, 5) is 39.7. The second-order valence-corrected chi connectivity index (χ2v) is 7.87. The molecule has 2 rings (SSSR count). The number of likely N-dealkylation sites (tertiary alicyclic amines) is 1. The molecule has 29 heavy (non-hydrogen) atoms. The van der Waals surface area contributed by atoms with Crippen molar-refractivity contribution in [1.29, 1.82) is 0 Å². The molecule has 1 aliphatic heterocycles. The molecule has 1 aromatic rings. The topological polar surface area (TPSA) is 84.9 Å². The van der Waals surface area contributed by atoms with Crippen molar-refractivity contribution >= 4 is 29.5 Å². The molecule has 1 aliphatic rings. The number of esters is 1. The zero-order valence-electron chi connectivity index (χ0n) is 17.3. The molecule has 1 N–H and O–H groups in total. The average Bonchev–Trinajstić information content (AvgIpc) is 2.76. The number of hydrogen-bond donors (Lipinski definition) is 1. The highest BCUT2D eigenvalue weighted by molar-refractivity contribution is 7.98. The van der Waals surface area contributed by atoms with Crippen LogP contribution in [0.5, 0.6) is 5.75 Å². The molecule has 7 nitrogen and oxygen atoms in total.